The Labute approximate surface area is 149 Å². The highest BCUT2D eigenvalue weighted by molar-refractivity contribution is 5.96. The maximum Gasteiger partial charge on any atom is 0.251 e. The highest BCUT2D eigenvalue weighted by Crippen LogP contribution is 2.33. The summed E-state index contributed by atoms with van der Waals surface area (Å²) in [5.41, 5.74) is 8.65. The molecule has 0 saturated heterocycles. The van der Waals surface area contributed by atoms with E-state index in [2.05, 4.69) is 19.2 Å². The van der Waals surface area contributed by atoms with Gasteiger partial charge in [0, 0.05) is 23.2 Å². The Hall–Kier alpha value is -2.69. The van der Waals surface area contributed by atoms with Crippen LogP contribution in [-0.2, 0) is 5.41 Å². The van der Waals surface area contributed by atoms with Crippen LogP contribution in [0.3, 0.4) is 0 Å². The first-order valence-electron chi connectivity index (χ1n) is 8.15. The number of amides is 1. The van der Waals surface area contributed by atoms with E-state index in [1.54, 1.807) is 26.4 Å². The summed E-state index contributed by atoms with van der Waals surface area (Å²) < 4.78 is 10.6. The van der Waals surface area contributed by atoms with Crippen LogP contribution >= 0.6 is 0 Å². The number of nitrogens with two attached hydrogens (primary N) is 1. The second-order valence-electron chi connectivity index (χ2n) is 6.71. The summed E-state index contributed by atoms with van der Waals surface area (Å²) in [5.74, 6) is 1.23. The van der Waals surface area contributed by atoms with Crippen LogP contribution in [0.15, 0.2) is 36.4 Å². The van der Waals surface area contributed by atoms with Gasteiger partial charge in [-0.1, -0.05) is 26.0 Å². The molecule has 134 valence electrons. The third-order valence-corrected chi connectivity index (χ3v) is 4.36. The van der Waals surface area contributed by atoms with Gasteiger partial charge in [0.2, 0.25) is 0 Å². The number of benzene rings is 2. The molecule has 25 heavy (non-hydrogen) atoms. The molecule has 0 aliphatic rings. The fraction of sp³-hybridized carbons (Fsp3) is 0.350. The van der Waals surface area contributed by atoms with Crippen molar-refractivity contribution >= 4 is 11.6 Å². The van der Waals surface area contributed by atoms with Crippen molar-refractivity contribution in [2.45, 2.75) is 26.2 Å². The van der Waals surface area contributed by atoms with E-state index in [0.29, 0.717) is 29.3 Å². The summed E-state index contributed by atoms with van der Waals surface area (Å²) in [6.07, 6.45) is 0. The van der Waals surface area contributed by atoms with Crippen molar-refractivity contribution < 1.29 is 14.3 Å². The van der Waals surface area contributed by atoms with Crippen LogP contribution in [0.2, 0.25) is 0 Å². The largest absolute Gasteiger partial charge is 0.493 e. The molecule has 5 nitrogen and oxygen atoms in total. The Kier molecular flexibility index (Phi) is 5.57. The molecule has 0 aliphatic carbocycles. The van der Waals surface area contributed by atoms with Crippen LogP contribution in [0.4, 0.5) is 5.69 Å². The molecule has 0 saturated carbocycles. The Bertz CT molecular complexity index is 770. The number of carbonyl (C=O) groups is 1. The highest BCUT2D eigenvalue weighted by Gasteiger charge is 2.23. The van der Waals surface area contributed by atoms with Crippen molar-refractivity contribution in [1.29, 1.82) is 0 Å². The summed E-state index contributed by atoms with van der Waals surface area (Å²) in [6, 6.07) is 11.1. The monoisotopic (exact) mass is 342 g/mol. The summed E-state index contributed by atoms with van der Waals surface area (Å²) in [7, 11) is 3.22. The minimum atomic E-state index is -0.274. The molecule has 0 unspecified atom stereocenters. The average Bonchev–Trinajstić information content (AvgIpc) is 2.61. The molecule has 0 aliphatic heterocycles. The molecule has 5 heteroatoms. The standard InChI is InChI=1S/C20H26N2O3/c1-13-6-8-15(21)11-16(13)19(23)22-12-20(2,3)14-7-9-17(24-4)18(10-14)25-5/h6-11H,12,21H2,1-5H3,(H,22,23). The third-order valence-electron chi connectivity index (χ3n) is 4.36. The Morgan fingerprint density at radius 2 is 1.76 bits per heavy atom. The van der Waals surface area contributed by atoms with Crippen molar-refractivity contribution in [3.63, 3.8) is 0 Å². The second kappa shape index (κ2) is 7.47. The van der Waals surface area contributed by atoms with Crippen molar-refractivity contribution in [2.75, 3.05) is 26.5 Å². The third kappa shape index (κ3) is 4.24. The number of rotatable bonds is 6. The van der Waals surface area contributed by atoms with Gasteiger partial charge in [-0.2, -0.15) is 0 Å². The minimum absolute atomic E-state index is 0.127. The fourth-order valence-corrected chi connectivity index (χ4v) is 2.64. The Morgan fingerprint density at radius 1 is 1.08 bits per heavy atom. The summed E-state index contributed by atoms with van der Waals surface area (Å²) in [4.78, 5) is 12.5. The molecule has 0 atom stereocenters. The zero-order chi connectivity index (χ0) is 18.6. The van der Waals surface area contributed by atoms with Crippen molar-refractivity contribution in [1.82, 2.24) is 5.32 Å². The molecule has 2 rings (SSSR count). The van der Waals surface area contributed by atoms with Crippen LogP contribution in [0.1, 0.15) is 35.3 Å². The van der Waals surface area contributed by atoms with Gasteiger partial charge in [-0.15, -0.1) is 0 Å². The van der Waals surface area contributed by atoms with Gasteiger partial charge >= 0.3 is 0 Å². The summed E-state index contributed by atoms with van der Waals surface area (Å²) in [5, 5.41) is 3.01. The molecule has 0 bridgehead atoms. The zero-order valence-electron chi connectivity index (χ0n) is 15.5. The quantitative estimate of drug-likeness (QED) is 0.790. The molecule has 0 radical (unpaired) electrons. The maximum atomic E-state index is 12.5. The predicted molar refractivity (Wildman–Crippen MR) is 100 cm³/mol. The van der Waals surface area contributed by atoms with E-state index in [9.17, 15) is 4.79 Å². The van der Waals surface area contributed by atoms with Gasteiger partial charge in [0.25, 0.3) is 5.91 Å². The van der Waals surface area contributed by atoms with Crippen molar-refractivity contribution in [3.05, 3.63) is 53.1 Å². The van der Waals surface area contributed by atoms with Gasteiger partial charge in [0.05, 0.1) is 14.2 Å². The maximum absolute atomic E-state index is 12.5. The van der Waals surface area contributed by atoms with E-state index in [1.807, 2.05) is 31.2 Å². The molecular formula is C20H26N2O3. The normalized spacial score (nSPS) is 11.1. The van der Waals surface area contributed by atoms with Gasteiger partial charge < -0.3 is 20.5 Å². The predicted octanol–water partition coefficient (Wildman–Crippen LogP) is 3.30. The number of aryl methyl sites for hydroxylation is 1. The molecular weight excluding hydrogens is 316 g/mol. The van der Waals surface area contributed by atoms with Crippen LogP contribution in [0.25, 0.3) is 0 Å². The number of nitrogens with one attached hydrogen (secondary N) is 1. The second-order valence-corrected chi connectivity index (χ2v) is 6.71. The van der Waals surface area contributed by atoms with Crippen molar-refractivity contribution in [2.24, 2.45) is 0 Å². The topological polar surface area (TPSA) is 73.6 Å². The van der Waals surface area contributed by atoms with Crippen LogP contribution in [0.5, 0.6) is 11.5 Å². The number of hydrogen-bond donors (Lipinski definition) is 2. The SMILES string of the molecule is COc1ccc(C(C)(C)CNC(=O)c2cc(N)ccc2C)cc1OC. The molecule has 0 spiro atoms. The molecule has 1 amide bonds. The number of anilines is 1. The number of carbonyl (C=O) groups excluding carboxylic acids is 1. The van der Waals surface area contributed by atoms with E-state index in [1.165, 1.54) is 0 Å². The van der Waals surface area contributed by atoms with E-state index in [4.69, 9.17) is 15.2 Å². The van der Waals surface area contributed by atoms with E-state index >= 15 is 0 Å². The van der Waals surface area contributed by atoms with Gasteiger partial charge in [-0.3, -0.25) is 4.79 Å². The molecule has 0 heterocycles. The smallest absolute Gasteiger partial charge is 0.251 e. The summed E-state index contributed by atoms with van der Waals surface area (Å²) in [6.45, 7) is 6.52. The Morgan fingerprint density at radius 3 is 2.40 bits per heavy atom. The lowest BCUT2D eigenvalue weighted by molar-refractivity contribution is 0.0945. The zero-order valence-corrected chi connectivity index (χ0v) is 15.5. The van der Waals surface area contributed by atoms with E-state index in [-0.39, 0.29) is 11.3 Å². The first-order chi connectivity index (χ1) is 11.8. The molecule has 3 N–H and O–H groups in total. The van der Waals surface area contributed by atoms with Gasteiger partial charge in [-0.25, -0.2) is 0 Å². The first-order valence-corrected chi connectivity index (χ1v) is 8.15. The van der Waals surface area contributed by atoms with Gasteiger partial charge in [0.1, 0.15) is 0 Å². The number of nitrogen functional groups attached to an aromatic ring is 1. The molecule has 0 aromatic heterocycles. The molecule has 2 aromatic carbocycles. The lowest BCUT2D eigenvalue weighted by Crippen LogP contribution is -2.37. The van der Waals surface area contributed by atoms with Crippen LogP contribution < -0.4 is 20.5 Å². The highest BCUT2D eigenvalue weighted by atomic mass is 16.5. The number of ether oxygens (including phenoxy) is 2. The summed E-state index contributed by atoms with van der Waals surface area (Å²) >= 11 is 0. The number of methoxy groups -OCH3 is 2. The molecule has 2 aromatic rings. The lowest BCUT2D eigenvalue weighted by atomic mass is 9.84. The lowest BCUT2D eigenvalue weighted by Gasteiger charge is -2.26. The average molecular weight is 342 g/mol. The first kappa shape index (κ1) is 18.6. The fourth-order valence-electron chi connectivity index (χ4n) is 2.64. The minimum Gasteiger partial charge on any atom is -0.493 e. The van der Waals surface area contributed by atoms with E-state index < -0.39 is 0 Å². The van der Waals surface area contributed by atoms with Gasteiger partial charge in [0.15, 0.2) is 11.5 Å². The van der Waals surface area contributed by atoms with Gasteiger partial charge in [-0.05, 0) is 42.3 Å². The van der Waals surface area contributed by atoms with Crippen LogP contribution in [0, 0.1) is 6.92 Å². The molecule has 0 fully saturated rings. The van der Waals surface area contributed by atoms with Crippen molar-refractivity contribution in [3.8, 4) is 11.5 Å². The van der Waals surface area contributed by atoms with Crippen LogP contribution in [-0.4, -0.2) is 26.7 Å². The Balaban J connectivity index is 2.16. The van der Waals surface area contributed by atoms with E-state index in [0.717, 1.165) is 11.1 Å². The number of hydrogen-bond acceptors (Lipinski definition) is 4.